The van der Waals surface area contributed by atoms with E-state index < -0.39 is 16.6 Å². The molecule has 7 nitrogen and oxygen atoms in total. The summed E-state index contributed by atoms with van der Waals surface area (Å²) in [5.74, 6) is -1.06. The van der Waals surface area contributed by atoms with Gasteiger partial charge in [-0.25, -0.2) is 0 Å². The fourth-order valence-corrected chi connectivity index (χ4v) is 3.33. The number of carbonyl (C=O) groups excluding carboxylic acids is 2. The number of ketones is 1. The summed E-state index contributed by atoms with van der Waals surface area (Å²) in [7, 11) is 0. The van der Waals surface area contributed by atoms with Crippen molar-refractivity contribution in [3.05, 3.63) is 104 Å². The largest absolute Gasteiger partial charge is 0.450 e. The Hall–Kier alpha value is -3.97. The Bertz CT molecular complexity index is 1340. The van der Waals surface area contributed by atoms with Gasteiger partial charge >= 0.3 is 0 Å². The van der Waals surface area contributed by atoms with Gasteiger partial charge in [0.2, 0.25) is 5.78 Å². The van der Waals surface area contributed by atoms with Gasteiger partial charge in [-0.1, -0.05) is 53.6 Å². The third-order valence-electron chi connectivity index (χ3n) is 4.76. The predicted molar refractivity (Wildman–Crippen MR) is 117 cm³/mol. The fourth-order valence-electron chi connectivity index (χ4n) is 3.15. The number of hydrogen-bond donors (Lipinski definition) is 1. The van der Waals surface area contributed by atoms with Gasteiger partial charge in [0.25, 0.3) is 11.6 Å². The van der Waals surface area contributed by atoms with Crippen LogP contribution in [0.2, 0.25) is 5.02 Å². The zero-order chi connectivity index (χ0) is 22.1. The Labute approximate surface area is 181 Å². The molecule has 0 aliphatic heterocycles. The van der Waals surface area contributed by atoms with Crippen molar-refractivity contribution in [1.82, 2.24) is 0 Å². The van der Waals surface area contributed by atoms with Crippen molar-refractivity contribution < 1.29 is 18.9 Å². The quantitative estimate of drug-likeness (QED) is 0.243. The smallest absolute Gasteiger partial charge is 0.288 e. The molecule has 0 atom stereocenters. The van der Waals surface area contributed by atoms with Crippen molar-refractivity contribution in [1.29, 1.82) is 0 Å². The first kappa shape index (κ1) is 20.3. The molecule has 0 bridgehead atoms. The van der Waals surface area contributed by atoms with Crippen LogP contribution in [0.15, 0.2) is 71.1 Å². The number of para-hydroxylation sites is 1. The van der Waals surface area contributed by atoms with Gasteiger partial charge in [-0.3, -0.25) is 19.7 Å². The van der Waals surface area contributed by atoms with Crippen LogP contribution in [0.5, 0.6) is 0 Å². The molecule has 1 amide bonds. The van der Waals surface area contributed by atoms with Crippen molar-refractivity contribution in [3.8, 4) is 0 Å². The molecule has 154 valence electrons. The Balaban J connectivity index is 1.76. The van der Waals surface area contributed by atoms with E-state index in [0.717, 1.165) is 11.6 Å². The number of aryl methyl sites for hydroxylation is 1. The average Bonchev–Trinajstić information content (AvgIpc) is 3.12. The standard InChI is InChI=1S/C23H15ClN2O5/c1-13-6-8-14(9-7-13)21(27)22-20(16-4-2-3-5-19(16)31-22)25-23(28)15-10-11-17(24)18(12-15)26(29)30/h2-12H,1H3,(H,25,28). The molecule has 3 aromatic carbocycles. The second kappa shape index (κ2) is 8.04. The number of nitro groups is 1. The van der Waals surface area contributed by atoms with Crippen molar-refractivity contribution in [2.24, 2.45) is 0 Å². The number of nitro benzene ring substituents is 1. The monoisotopic (exact) mass is 434 g/mol. The fraction of sp³-hybridized carbons (Fsp3) is 0.0435. The second-order valence-electron chi connectivity index (χ2n) is 6.87. The summed E-state index contributed by atoms with van der Waals surface area (Å²) in [6.45, 7) is 1.91. The van der Waals surface area contributed by atoms with E-state index in [1.54, 1.807) is 48.5 Å². The van der Waals surface area contributed by atoms with Crippen molar-refractivity contribution in [2.45, 2.75) is 6.92 Å². The third-order valence-corrected chi connectivity index (χ3v) is 5.08. The molecule has 1 aromatic heterocycles. The Morgan fingerprint density at radius 2 is 1.68 bits per heavy atom. The highest BCUT2D eigenvalue weighted by atomic mass is 35.5. The maximum Gasteiger partial charge on any atom is 0.288 e. The third kappa shape index (κ3) is 3.91. The molecule has 0 spiro atoms. The number of nitrogens with one attached hydrogen (secondary N) is 1. The lowest BCUT2D eigenvalue weighted by Crippen LogP contribution is -2.14. The topological polar surface area (TPSA) is 102 Å². The number of carbonyl (C=O) groups is 2. The number of fused-ring (bicyclic) bond motifs is 1. The lowest BCUT2D eigenvalue weighted by molar-refractivity contribution is -0.384. The lowest BCUT2D eigenvalue weighted by Gasteiger charge is -2.07. The van der Waals surface area contributed by atoms with E-state index in [1.807, 2.05) is 6.92 Å². The Kier molecular flexibility index (Phi) is 5.27. The van der Waals surface area contributed by atoms with Crippen LogP contribution in [-0.2, 0) is 0 Å². The van der Waals surface area contributed by atoms with Crippen LogP contribution in [0.3, 0.4) is 0 Å². The first-order chi connectivity index (χ1) is 14.8. The maximum atomic E-state index is 13.1. The SMILES string of the molecule is Cc1ccc(C(=O)c2oc3ccccc3c2NC(=O)c2ccc(Cl)c([N+](=O)[O-])c2)cc1. The average molecular weight is 435 g/mol. The highest BCUT2D eigenvalue weighted by Crippen LogP contribution is 2.33. The van der Waals surface area contributed by atoms with Crippen LogP contribution in [0, 0.1) is 17.0 Å². The minimum Gasteiger partial charge on any atom is -0.450 e. The Morgan fingerprint density at radius 1 is 1.00 bits per heavy atom. The summed E-state index contributed by atoms with van der Waals surface area (Å²) in [5.41, 5.74) is 1.66. The highest BCUT2D eigenvalue weighted by molar-refractivity contribution is 6.32. The highest BCUT2D eigenvalue weighted by Gasteiger charge is 2.24. The molecule has 0 aliphatic rings. The number of halogens is 1. The molecule has 31 heavy (non-hydrogen) atoms. The summed E-state index contributed by atoms with van der Waals surface area (Å²) >= 11 is 5.83. The number of furan rings is 1. The van der Waals surface area contributed by atoms with Crippen molar-refractivity contribution in [2.75, 3.05) is 5.32 Å². The van der Waals surface area contributed by atoms with Gasteiger partial charge in [0.15, 0.2) is 5.76 Å². The van der Waals surface area contributed by atoms with E-state index in [2.05, 4.69) is 5.32 Å². The van der Waals surface area contributed by atoms with E-state index in [0.29, 0.717) is 16.5 Å². The lowest BCUT2D eigenvalue weighted by atomic mass is 10.1. The summed E-state index contributed by atoms with van der Waals surface area (Å²) in [6, 6.07) is 17.6. The first-order valence-corrected chi connectivity index (χ1v) is 9.61. The molecular weight excluding hydrogens is 420 g/mol. The van der Waals surface area contributed by atoms with Gasteiger partial charge in [0.05, 0.1) is 10.6 Å². The van der Waals surface area contributed by atoms with Gasteiger partial charge in [0.1, 0.15) is 10.6 Å². The van der Waals surface area contributed by atoms with Crippen molar-refractivity contribution in [3.63, 3.8) is 0 Å². The minimum absolute atomic E-state index is 0.0233. The van der Waals surface area contributed by atoms with Crippen LogP contribution >= 0.6 is 11.6 Å². The zero-order valence-corrected chi connectivity index (χ0v) is 17.0. The first-order valence-electron chi connectivity index (χ1n) is 9.23. The number of amides is 1. The molecule has 1 heterocycles. The van der Waals surface area contributed by atoms with E-state index in [1.165, 1.54) is 12.1 Å². The van der Waals surface area contributed by atoms with Gasteiger partial charge in [-0.15, -0.1) is 0 Å². The summed E-state index contributed by atoms with van der Waals surface area (Å²) < 4.78 is 5.77. The normalized spacial score (nSPS) is 10.8. The van der Waals surface area contributed by atoms with Gasteiger partial charge in [-0.2, -0.15) is 0 Å². The second-order valence-corrected chi connectivity index (χ2v) is 7.28. The van der Waals surface area contributed by atoms with Gasteiger partial charge < -0.3 is 9.73 Å². The Morgan fingerprint density at radius 3 is 2.39 bits per heavy atom. The molecule has 0 unspecified atom stereocenters. The molecule has 4 rings (SSSR count). The van der Waals surface area contributed by atoms with Crippen LogP contribution in [0.25, 0.3) is 11.0 Å². The van der Waals surface area contributed by atoms with E-state index >= 15 is 0 Å². The zero-order valence-electron chi connectivity index (χ0n) is 16.2. The predicted octanol–water partition coefficient (Wildman–Crippen LogP) is 5.79. The van der Waals surface area contributed by atoms with Crippen LogP contribution < -0.4 is 5.32 Å². The number of hydrogen-bond acceptors (Lipinski definition) is 5. The number of nitrogens with zero attached hydrogens (tertiary/aromatic N) is 1. The molecule has 0 saturated carbocycles. The van der Waals surface area contributed by atoms with E-state index in [9.17, 15) is 19.7 Å². The van der Waals surface area contributed by atoms with Crippen LogP contribution in [-0.4, -0.2) is 16.6 Å². The number of rotatable bonds is 5. The molecule has 0 aliphatic carbocycles. The summed E-state index contributed by atoms with van der Waals surface area (Å²) in [6.07, 6.45) is 0. The van der Waals surface area contributed by atoms with Crippen molar-refractivity contribution >= 4 is 45.6 Å². The van der Waals surface area contributed by atoms with Crippen LogP contribution in [0.4, 0.5) is 11.4 Å². The molecule has 4 aromatic rings. The van der Waals surface area contributed by atoms with Gasteiger partial charge in [-0.05, 0) is 31.2 Å². The molecule has 0 saturated heterocycles. The van der Waals surface area contributed by atoms with Crippen LogP contribution in [0.1, 0.15) is 32.0 Å². The summed E-state index contributed by atoms with van der Waals surface area (Å²) in [5, 5.41) is 14.3. The molecule has 0 radical (unpaired) electrons. The molecule has 0 fully saturated rings. The number of benzene rings is 3. The maximum absolute atomic E-state index is 13.1. The molecule has 8 heteroatoms. The minimum atomic E-state index is -0.668. The molecule has 1 N–H and O–H groups in total. The molecular formula is C23H15ClN2O5. The summed E-state index contributed by atoms with van der Waals surface area (Å²) in [4.78, 5) is 36.4. The van der Waals surface area contributed by atoms with E-state index in [4.69, 9.17) is 16.0 Å². The number of anilines is 1. The van der Waals surface area contributed by atoms with E-state index in [-0.39, 0.29) is 27.7 Å². The van der Waals surface area contributed by atoms with Gasteiger partial charge in [0, 0.05) is 22.6 Å².